The molecule has 0 N–H and O–H groups in total. The number of carbonyl (C=O) groups excluding carboxylic acids is 1. The first-order chi connectivity index (χ1) is 15.1. The highest BCUT2D eigenvalue weighted by Crippen LogP contribution is 2.38. The number of rotatable bonds is 4. The van der Waals surface area contributed by atoms with Gasteiger partial charge in [0.15, 0.2) is 0 Å². The summed E-state index contributed by atoms with van der Waals surface area (Å²) in [5.41, 5.74) is 3.68. The smallest absolute Gasteiger partial charge is 0.277 e. The Morgan fingerprint density at radius 1 is 1.23 bits per heavy atom. The number of pyridine rings is 1. The summed E-state index contributed by atoms with van der Waals surface area (Å²) < 4.78 is 7.06. The molecule has 2 aromatic heterocycles. The van der Waals surface area contributed by atoms with E-state index in [-0.39, 0.29) is 17.5 Å². The summed E-state index contributed by atoms with van der Waals surface area (Å²) in [5.74, 6) is -0.0323. The van der Waals surface area contributed by atoms with Crippen LogP contribution >= 0.6 is 11.3 Å². The van der Waals surface area contributed by atoms with E-state index in [0.29, 0.717) is 36.5 Å². The molecular formula is C24H25N3O3S. The predicted molar refractivity (Wildman–Crippen MR) is 123 cm³/mol. The SMILES string of the molecule is COC[C@H]1CCCN1C(=O)c1cc(-c2ccccc2)c(=O)n2c1-c1sccc1CN2C. The minimum absolute atomic E-state index is 0.0323. The lowest BCUT2D eigenvalue weighted by atomic mass is 9.99. The topological polar surface area (TPSA) is 54.8 Å². The molecule has 1 amide bonds. The first-order valence-electron chi connectivity index (χ1n) is 10.5. The van der Waals surface area contributed by atoms with Crippen LogP contribution in [-0.2, 0) is 11.3 Å². The molecule has 1 atom stereocenters. The Morgan fingerprint density at radius 2 is 2.03 bits per heavy atom. The molecule has 31 heavy (non-hydrogen) atoms. The zero-order valence-electron chi connectivity index (χ0n) is 17.7. The van der Waals surface area contributed by atoms with E-state index in [1.54, 1.807) is 29.2 Å². The van der Waals surface area contributed by atoms with Gasteiger partial charge in [0.25, 0.3) is 11.5 Å². The Balaban J connectivity index is 1.75. The van der Waals surface area contributed by atoms with E-state index in [1.165, 1.54) is 0 Å². The van der Waals surface area contributed by atoms with E-state index >= 15 is 0 Å². The molecule has 3 aromatic rings. The van der Waals surface area contributed by atoms with Crippen LogP contribution in [0.15, 0.2) is 52.6 Å². The number of amides is 1. The molecule has 2 aliphatic rings. The summed E-state index contributed by atoms with van der Waals surface area (Å²) in [6.07, 6.45) is 1.90. The first-order valence-corrected chi connectivity index (χ1v) is 11.4. The lowest BCUT2D eigenvalue weighted by Crippen LogP contribution is -2.45. The van der Waals surface area contributed by atoms with Gasteiger partial charge in [-0.2, -0.15) is 0 Å². The van der Waals surface area contributed by atoms with Crippen molar-refractivity contribution in [2.75, 3.05) is 32.3 Å². The molecule has 6 nitrogen and oxygen atoms in total. The Kier molecular flexibility index (Phi) is 5.16. The number of likely N-dealkylation sites (tertiary alicyclic amines) is 1. The van der Waals surface area contributed by atoms with E-state index in [9.17, 15) is 9.59 Å². The fraction of sp³-hybridized carbons (Fsp3) is 0.333. The summed E-state index contributed by atoms with van der Waals surface area (Å²) in [7, 11) is 3.57. The van der Waals surface area contributed by atoms with Crippen LogP contribution in [-0.4, -0.2) is 48.8 Å². The van der Waals surface area contributed by atoms with Gasteiger partial charge in [-0.25, -0.2) is 4.68 Å². The molecule has 0 saturated carbocycles. The molecule has 1 fully saturated rings. The predicted octanol–water partition coefficient (Wildman–Crippen LogP) is 3.58. The van der Waals surface area contributed by atoms with Gasteiger partial charge in [-0.15, -0.1) is 11.3 Å². The number of methoxy groups -OCH3 is 1. The third-order valence-corrected chi connectivity index (χ3v) is 7.16. The quantitative estimate of drug-likeness (QED) is 0.629. The second kappa shape index (κ2) is 7.98. The van der Waals surface area contributed by atoms with Gasteiger partial charge in [-0.3, -0.25) is 9.59 Å². The maximum Gasteiger partial charge on any atom is 0.277 e. The van der Waals surface area contributed by atoms with Gasteiger partial charge in [0.1, 0.15) is 0 Å². The fourth-order valence-corrected chi connectivity index (χ4v) is 5.71. The van der Waals surface area contributed by atoms with Crippen molar-refractivity contribution in [2.45, 2.75) is 25.4 Å². The Hall–Kier alpha value is -2.90. The third-order valence-electron chi connectivity index (χ3n) is 6.19. The lowest BCUT2D eigenvalue weighted by Gasteiger charge is -2.33. The molecule has 160 valence electrons. The molecule has 1 saturated heterocycles. The van der Waals surface area contributed by atoms with Crippen LogP contribution < -0.4 is 10.6 Å². The molecule has 4 heterocycles. The minimum atomic E-state index is -0.103. The lowest BCUT2D eigenvalue weighted by molar-refractivity contribution is 0.0630. The molecule has 0 radical (unpaired) electrons. The molecule has 0 aliphatic carbocycles. The largest absolute Gasteiger partial charge is 0.383 e. The number of aromatic nitrogens is 1. The minimum Gasteiger partial charge on any atom is -0.383 e. The van der Waals surface area contributed by atoms with Crippen LogP contribution in [0.1, 0.15) is 28.8 Å². The van der Waals surface area contributed by atoms with E-state index in [4.69, 9.17) is 4.74 Å². The monoisotopic (exact) mass is 435 g/mol. The van der Waals surface area contributed by atoms with Crippen LogP contribution in [0.25, 0.3) is 21.7 Å². The maximum atomic E-state index is 13.9. The zero-order chi connectivity index (χ0) is 21.5. The van der Waals surface area contributed by atoms with Gasteiger partial charge in [0.2, 0.25) is 0 Å². The van der Waals surface area contributed by atoms with Gasteiger partial charge in [0, 0.05) is 26.3 Å². The molecular weight excluding hydrogens is 410 g/mol. The van der Waals surface area contributed by atoms with Gasteiger partial charge < -0.3 is 14.6 Å². The van der Waals surface area contributed by atoms with Crippen molar-refractivity contribution in [1.29, 1.82) is 0 Å². The number of benzene rings is 1. The number of thiophene rings is 1. The van der Waals surface area contributed by atoms with Crippen LogP contribution in [0.4, 0.5) is 0 Å². The number of nitrogens with zero attached hydrogens (tertiary/aromatic N) is 3. The van der Waals surface area contributed by atoms with Crippen molar-refractivity contribution in [1.82, 2.24) is 9.58 Å². The number of hydrogen-bond donors (Lipinski definition) is 0. The number of carbonyl (C=O) groups is 1. The summed E-state index contributed by atoms with van der Waals surface area (Å²) in [6, 6.07) is 13.5. The van der Waals surface area contributed by atoms with Crippen LogP contribution in [0.2, 0.25) is 0 Å². The van der Waals surface area contributed by atoms with E-state index < -0.39 is 0 Å². The van der Waals surface area contributed by atoms with Crippen molar-refractivity contribution in [2.24, 2.45) is 0 Å². The van der Waals surface area contributed by atoms with Gasteiger partial charge in [-0.1, -0.05) is 30.3 Å². The summed E-state index contributed by atoms with van der Waals surface area (Å²) in [6.45, 7) is 1.86. The highest BCUT2D eigenvalue weighted by molar-refractivity contribution is 7.13. The summed E-state index contributed by atoms with van der Waals surface area (Å²) >= 11 is 1.58. The van der Waals surface area contributed by atoms with Crippen molar-refractivity contribution >= 4 is 17.2 Å². The molecule has 7 heteroatoms. The fourth-order valence-electron chi connectivity index (χ4n) is 4.74. The molecule has 0 spiro atoms. The van der Waals surface area contributed by atoms with E-state index in [2.05, 4.69) is 6.07 Å². The Bertz CT molecular complexity index is 1180. The normalized spacial score (nSPS) is 17.5. The molecule has 0 bridgehead atoms. The number of ether oxygens (including phenoxy) is 1. The molecule has 1 aromatic carbocycles. The third kappa shape index (κ3) is 3.28. The van der Waals surface area contributed by atoms with Crippen molar-refractivity contribution in [3.63, 3.8) is 0 Å². The average Bonchev–Trinajstić information content (AvgIpc) is 3.43. The van der Waals surface area contributed by atoms with Crippen molar-refractivity contribution < 1.29 is 9.53 Å². The van der Waals surface area contributed by atoms with Gasteiger partial charge >= 0.3 is 0 Å². The van der Waals surface area contributed by atoms with Crippen molar-refractivity contribution in [3.05, 3.63) is 69.3 Å². The highest BCUT2D eigenvalue weighted by atomic mass is 32.1. The summed E-state index contributed by atoms with van der Waals surface area (Å²) in [5, 5.41) is 3.94. The van der Waals surface area contributed by atoms with Gasteiger partial charge in [-0.05, 0) is 41.5 Å². The second-order valence-corrected chi connectivity index (χ2v) is 9.06. The number of fused-ring (bicyclic) bond motifs is 3. The van der Waals surface area contributed by atoms with Crippen LogP contribution in [0.5, 0.6) is 0 Å². The second-order valence-electron chi connectivity index (χ2n) is 8.14. The number of hydrogen-bond acceptors (Lipinski definition) is 5. The average molecular weight is 436 g/mol. The summed E-state index contributed by atoms with van der Waals surface area (Å²) in [4.78, 5) is 30.4. The molecule has 5 rings (SSSR count). The maximum absolute atomic E-state index is 13.9. The Labute approximate surface area is 185 Å². The van der Waals surface area contributed by atoms with Crippen LogP contribution in [0.3, 0.4) is 0 Å². The molecule has 2 aliphatic heterocycles. The highest BCUT2D eigenvalue weighted by Gasteiger charge is 2.35. The van der Waals surface area contributed by atoms with Crippen molar-refractivity contribution in [3.8, 4) is 21.7 Å². The molecule has 0 unspecified atom stereocenters. The van der Waals surface area contributed by atoms with Crippen LogP contribution in [0, 0.1) is 0 Å². The van der Waals surface area contributed by atoms with E-state index in [0.717, 1.165) is 28.8 Å². The van der Waals surface area contributed by atoms with Gasteiger partial charge in [0.05, 0.1) is 35.3 Å². The standard InChI is InChI=1S/C24H25N3O3S/c1-25-14-17-10-12-31-22(17)21-20(23(28)26-11-6-9-18(26)15-30-2)13-19(24(29)27(21)25)16-7-4-3-5-8-16/h3-5,7-8,10,12-13,18H,6,9,11,14-15H2,1-2H3/t18-/m1/s1. The Morgan fingerprint density at radius 3 is 2.81 bits per heavy atom. The first kappa shape index (κ1) is 20.0. The zero-order valence-corrected chi connectivity index (χ0v) is 18.5. The van der Waals surface area contributed by atoms with E-state index in [1.807, 2.05) is 52.7 Å².